The maximum Gasteiger partial charge on any atom is 0.408 e. The first-order chi connectivity index (χ1) is 16.1. The number of rotatable bonds is 8. The lowest BCUT2D eigenvalue weighted by Crippen LogP contribution is -2.47. The number of thiazole rings is 1. The van der Waals surface area contributed by atoms with Crippen molar-refractivity contribution in [3.8, 4) is 0 Å². The van der Waals surface area contributed by atoms with Crippen molar-refractivity contribution in [3.63, 3.8) is 0 Å². The van der Waals surface area contributed by atoms with E-state index in [0.29, 0.717) is 17.4 Å². The van der Waals surface area contributed by atoms with Gasteiger partial charge in [0, 0.05) is 35.9 Å². The molecule has 0 radical (unpaired) electrons. The summed E-state index contributed by atoms with van der Waals surface area (Å²) in [5.41, 5.74) is 1.74. The summed E-state index contributed by atoms with van der Waals surface area (Å²) in [6.45, 7) is 7.30. The van der Waals surface area contributed by atoms with E-state index in [9.17, 15) is 14.4 Å². The van der Waals surface area contributed by atoms with E-state index >= 15 is 0 Å². The molecule has 2 aromatic heterocycles. The molecule has 1 unspecified atom stereocenters. The van der Waals surface area contributed by atoms with Crippen molar-refractivity contribution in [1.29, 1.82) is 0 Å². The zero-order chi connectivity index (χ0) is 24.9. The fourth-order valence-corrected chi connectivity index (χ4v) is 4.18. The average Bonchev–Trinajstić information content (AvgIpc) is 3.30. The first-order valence-electron chi connectivity index (χ1n) is 11.0. The lowest BCUT2D eigenvalue weighted by atomic mass is 10.0. The van der Waals surface area contributed by atoms with Crippen molar-refractivity contribution in [2.75, 3.05) is 11.9 Å². The van der Waals surface area contributed by atoms with Crippen molar-refractivity contribution in [2.24, 2.45) is 7.05 Å². The predicted molar refractivity (Wildman–Crippen MR) is 131 cm³/mol. The van der Waals surface area contributed by atoms with E-state index in [1.54, 1.807) is 33.1 Å². The molecule has 0 spiro atoms. The highest BCUT2D eigenvalue weighted by atomic mass is 32.1. The molecule has 182 valence electrons. The summed E-state index contributed by atoms with van der Waals surface area (Å²) >= 11 is 1.20. The molecule has 0 fully saturated rings. The van der Waals surface area contributed by atoms with Gasteiger partial charge in [-0.1, -0.05) is 18.2 Å². The topological polar surface area (TPSA) is 112 Å². The molecule has 1 atom stereocenters. The summed E-state index contributed by atoms with van der Waals surface area (Å²) in [7, 11) is 1.93. The molecule has 2 heterocycles. The van der Waals surface area contributed by atoms with Gasteiger partial charge in [0.25, 0.3) is 0 Å². The summed E-state index contributed by atoms with van der Waals surface area (Å²) in [5.74, 6) is -0.818. The third-order valence-corrected chi connectivity index (χ3v) is 5.63. The van der Waals surface area contributed by atoms with Crippen LogP contribution in [-0.2, 0) is 39.0 Å². The van der Waals surface area contributed by atoms with Crippen LogP contribution < -0.4 is 10.6 Å². The van der Waals surface area contributed by atoms with Crippen molar-refractivity contribution >= 4 is 45.3 Å². The van der Waals surface area contributed by atoms with E-state index in [0.717, 1.165) is 16.5 Å². The Balaban J connectivity index is 1.78. The van der Waals surface area contributed by atoms with Crippen molar-refractivity contribution < 1.29 is 23.9 Å². The first kappa shape index (κ1) is 25.2. The van der Waals surface area contributed by atoms with Crippen LogP contribution in [0.5, 0.6) is 0 Å². The molecular weight excluding hydrogens is 456 g/mol. The Morgan fingerprint density at radius 2 is 1.94 bits per heavy atom. The lowest BCUT2D eigenvalue weighted by Gasteiger charge is -2.23. The number of aromatic nitrogens is 2. The zero-order valence-corrected chi connectivity index (χ0v) is 20.8. The molecule has 9 nitrogen and oxygen atoms in total. The maximum atomic E-state index is 13.2. The second-order valence-corrected chi connectivity index (χ2v) is 9.66. The Kier molecular flexibility index (Phi) is 7.93. The number of fused-ring (bicyclic) bond motifs is 1. The number of esters is 1. The monoisotopic (exact) mass is 486 g/mol. The Labute approximate surface area is 202 Å². The molecule has 3 rings (SSSR count). The van der Waals surface area contributed by atoms with Gasteiger partial charge in [0.1, 0.15) is 11.6 Å². The van der Waals surface area contributed by atoms with E-state index in [1.807, 2.05) is 42.1 Å². The smallest absolute Gasteiger partial charge is 0.408 e. The number of carbonyl (C=O) groups excluding carboxylic acids is 3. The van der Waals surface area contributed by atoms with Crippen LogP contribution in [0.15, 0.2) is 35.8 Å². The highest BCUT2D eigenvalue weighted by molar-refractivity contribution is 7.13. The van der Waals surface area contributed by atoms with Crippen LogP contribution in [0.25, 0.3) is 10.9 Å². The van der Waals surface area contributed by atoms with Crippen LogP contribution >= 0.6 is 11.3 Å². The molecule has 2 amide bonds. The maximum absolute atomic E-state index is 13.2. The van der Waals surface area contributed by atoms with E-state index in [1.165, 1.54) is 11.3 Å². The Bertz CT molecular complexity index is 1180. The number of amides is 2. The molecule has 0 aliphatic carbocycles. The summed E-state index contributed by atoms with van der Waals surface area (Å²) in [6.07, 6.45) is 1.54. The molecular formula is C24H30N4O5S. The standard InChI is InChI=1S/C24H30N4O5S/c1-6-32-20(29)12-16-14-34-22(25-16)27-21(30)18(26-23(31)33-24(2,3)4)11-15-13-28(5)19-10-8-7-9-17(15)19/h7-10,13-14,18H,6,11-12H2,1-5H3,(H,26,31)(H,25,27,30). The van der Waals surface area contributed by atoms with Gasteiger partial charge < -0.3 is 24.7 Å². The van der Waals surface area contributed by atoms with Crippen molar-refractivity contribution in [2.45, 2.75) is 52.2 Å². The van der Waals surface area contributed by atoms with Gasteiger partial charge in [0.15, 0.2) is 5.13 Å². The number of alkyl carbamates (subject to hydrolysis) is 1. The quantitative estimate of drug-likeness (QED) is 0.468. The molecule has 0 saturated carbocycles. The summed E-state index contributed by atoms with van der Waals surface area (Å²) in [5, 5.41) is 8.46. The van der Waals surface area contributed by atoms with Crippen molar-refractivity contribution in [3.05, 3.63) is 47.1 Å². The third-order valence-electron chi connectivity index (χ3n) is 4.82. The van der Waals surface area contributed by atoms with Crippen LogP contribution in [0.1, 0.15) is 39.0 Å². The molecule has 1 aromatic carbocycles. The number of nitrogens with one attached hydrogen (secondary N) is 2. The number of hydrogen-bond acceptors (Lipinski definition) is 7. The predicted octanol–water partition coefficient (Wildman–Crippen LogP) is 3.81. The third kappa shape index (κ3) is 6.80. The van der Waals surface area contributed by atoms with Crippen LogP contribution in [0, 0.1) is 0 Å². The van der Waals surface area contributed by atoms with Crippen LogP contribution in [0.2, 0.25) is 0 Å². The van der Waals surface area contributed by atoms with Gasteiger partial charge in [0.05, 0.1) is 18.7 Å². The van der Waals surface area contributed by atoms with Gasteiger partial charge in [-0.2, -0.15) is 0 Å². The van der Waals surface area contributed by atoms with Crippen LogP contribution in [0.3, 0.4) is 0 Å². The number of hydrogen-bond donors (Lipinski definition) is 2. The molecule has 0 bridgehead atoms. The molecule has 34 heavy (non-hydrogen) atoms. The molecule has 0 aliphatic heterocycles. The fourth-order valence-electron chi connectivity index (χ4n) is 3.47. The van der Waals surface area contributed by atoms with Crippen LogP contribution in [-0.4, -0.2) is 45.8 Å². The van der Waals surface area contributed by atoms with Gasteiger partial charge >= 0.3 is 12.1 Å². The minimum atomic E-state index is -0.905. The van der Waals surface area contributed by atoms with Gasteiger partial charge in [0.2, 0.25) is 5.91 Å². The van der Waals surface area contributed by atoms with Gasteiger partial charge in [-0.15, -0.1) is 11.3 Å². The number of ether oxygens (including phenoxy) is 2. The highest BCUT2D eigenvalue weighted by Crippen LogP contribution is 2.23. The van der Waals surface area contributed by atoms with Crippen molar-refractivity contribution in [1.82, 2.24) is 14.9 Å². The lowest BCUT2D eigenvalue weighted by molar-refractivity contribution is -0.142. The zero-order valence-electron chi connectivity index (χ0n) is 20.0. The van der Waals surface area contributed by atoms with E-state index in [4.69, 9.17) is 9.47 Å². The molecule has 2 N–H and O–H groups in total. The fraction of sp³-hybridized carbons (Fsp3) is 0.417. The van der Waals surface area contributed by atoms with E-state index < -0.39 is 23.6 Å². The molecule has 3 aromatic rings. The minimum absolute atomic E-state index is 0.0236. The number of carbonyl (C=O) groups is 3. The molecule has 10 heteroatoms. The Morgan fingerprint density at radius 1 is 1.21 bits per heavy atom. The number of para-hydroxylation sites is 1. The largest absolute Gasteiger partial charge is 0.466 e. The van der Waals surface area contributed by atoms with Gasteiger partial charge in [-0.05, 0) is 39.3 Å². The molecule has 0 saturated heterocycles. The Morgan fingerprint density at radius 3 is 2.65 bits per heavy atom. The van der Waals surface area contributed by atoms with E-state index in [2.05, 4.69) is 15.6 Å². The summed E-state index contributed by atoms with van der Waals surface area (Å²) < 4.78 is 12.3. The second-order valence-electron chi connectivity index (χ2n) is 8.80. The SMILES string of the molecule is CCOC(=O)Cc1csc(NC(=O)C(Cc2cn(C)c3ccccc23)NC(=O)OC(C)(C)C)n1. The van der Waals surface area contributed by atoms with Crippen LogP contribution in [0.4, 0.5) is 9.93 Å². The number of benzene rings is 1. The highest BCUT2D eigenvalue weighted by Gasteiger charge is 2.26. The number of aryl methyl sites for hydroxylation is 1. The van der Waals surface area contributed by atoms with E-state index in [-0.39, 0.29) is 18.8 Å². The average molecular weight is 487 g/mol. The second kappa shape index (κ2) is 10.7. The minimum Gasteiger partial charge on any atom is -0.466 e. The molecule has 0 aliphatic rings. The summed E-state index contributed by atoms with van der Waals surface area (Å²) in [4.78, 5) is 41.7. The summed E-state index contributed by atoms with van der Waals surface area (Å²) in [6, 6.07) is 6.96. The number of nitrogens with zero attached hydrogens (tertiary/aromatic N) is 2. The Hall–Kier alpha value is -3.40. The normalized spacial score (nSPS) is 12.3. The first-order valence-corrected chi connectivity index (χ1v) is 11.9. The van der Waals surface area contributed by atoms with Gasteiger partial charge in [-0.3, -0.25) is 9.59 Å². The number of anilines is 1. The van der Waals surface area contributed by atoms with Gasteiger partial charge in [-0.25, -0.2) is 9.78 Å².